The van der Waals surface area contributed by atoms with Crippen molar-refractivity contribution in [3.8, 4) is 0 Å². The molecule has 0 saturated heterocycles. The normalized spacial score (nSPS) is 12.4. The Bertz CT molecular complexity index is 880. The third kappa shape index (κ3) is 6.09. The van der Waals surface area contributed by atoms with Crippen molar-refractivity contribution in [1.29, 1.82) is 0 Å². The van der Waals surface area contributed by atoms with E-state index < -0.39 is 10.0 Å². The molecule has 1 amide bonds. The Balaban J connectivity index is 2.14. The number of benzene rings is 2. The summed E-state index contributed by atoms with van der Waals surface area (Å²) >= 11 is 0. The molecule has 0 saturated carbocycles. The maximum Gasteiger partial charge on any atom is 0.262 e. The Labute approximate surface area is 168 Å². The second kappa shape index (κ2) is 10.3. The lowest BCUT2D eigenvalue weighted by Gasteiger charge is -2.16. The zero-order chi connectivity index (χ0) is 20.6. The molecule has 0 bridgehead atoms. The Kier molecular flexibility index (Phi) is 8.05. The molecule has 0 radical (unpaired) electrons. The van der Waals surface area contributed by atoms with Crippen molar-refractivity contribution >= 4 is 21.6 Å². The predicted molar refractivity (Wildman–Crippen MR) is 114 cm³/mol. The number of amides is 1. The first-order chi connectivity index (χ1) is 13.4. The third-order valence-corrected chi connectivity index (χ3v) is 6.38. The summed E-state index contributed by atoms with van der Waals surface area (Å²) in [4.78, 5) is 12.7. The number of sulfonamides is 1. The summed E-state index contributed by atoms with van der Waals surface area (Å²) in [5, 5.41) is 2.95. The summed E-state index contributed by atoms with van der Waals surface area (Å²) in [5.74, 6) is 0.198. The number of unbranched alkanes of at least 4 members (excludes halogenated alkanes) is 1. The molecule has 0 unspecified atom stereocenters. The van der Waals surface area contributed by atoms with E-state index in [1.807, 2.05) is 6.07 Å². The van der Waals surface area contributed by atoms with Gasteiger partial charge in [0.1, 0.15) is 0 Å². The molecule has 0 aliphatic rings. The van der Waals surface area contributed by atoms with Crippen LogP contribution in [0.15, 0.2) is 53.4 Å². The highest BCUT2D eigenvalue weighted by molar-refractivity contribution is 7.92. The first-order valence-electron chi connectivity index (χ1n) is 9.84. The van der Waals surface area contributed by atoms with Crippen LogP contribution in [-0.2, 0) is 10.0 Å². The van der Waals surface area contributed by atoms with Gasteiger partial charge in [0.2, 0.25) is 0 Å². The van der Waals surface area contributed by atoms with Crippen molar-refractivity contribution < 1.29 is 13.2 Å². The van der Waals surface area contributed by atoms with Gasteiger partial charge < -0.3 is 5.32 Å². The highest BCUT2D eigenvalue weighted by Gasteiger charge is 2.19. The number of aryl methyl sites for hydroxylation is 1. The average Bonchev–Trinajstić information content (AvgIpc) is 2.68. The maximum absolute atomic E-state index is 12.8. The number of carbonyl (C=O) groups is 1. The standard InChI is InChI=1S/C22H30N2O3S/c1-4-6-10-18(5-2)16-23-22(25)19-14-13-17(3)21(15-19)28(26,27)24-20-11-8-7-9-12-20/h7-9,11-15,18,24H,4-6,10,16H2,1-3H3,(H,23,25)/t18-/m1/s1. The van der Waals surface area contributed by atoms with Crippen molar-refractivity contribution in [3.63, 3.8) is 0 Å². The number of para-hydroxylation sites is 1. The zero-order valence-electron chi connectivity index (χ0n) is 16.9. The Morgan fingerprint density at radius 2 is 1.79 bits per heavy atom. The fourth-order valence-electron chi connectivity index (χ4n) is 3.03. The van der Waals surface area contributed by atoms with Crippen LogP contribution in [0.2, 0.25) is 0 Å². The van der Waals surface area contributed by atoms with Crippen LogP contribution >= 0.6 is 0 Å². The minimum Gasteiger partial charge on any atom is -0.352 e. The lowest BCUT2D eigenvalue weighted by molar-refractivity contribution is 0.0945. The molecule has 1 atom stereocenters. The molecule has 0 spiro atoms. The van der Waals surface area contributed by atoms with Gasteiger partial charge >= 0.3 is 0 Å². The van der Waals surface area contributed by atoms with Crippen molar-refractivity contribution in [2.24, 2.45) is 5.92 Å². The molecule has 152 valence electrons. The monoisotopic (exact) mass is 402 g/mol. The molecule has 28 heavy (non-hydrogen) atoms. The Morgan fingerprint density at radius 1 is 1.07 bits per heavy atom. The van der Waals surface area contributed by atoms with Crippen LogP contribution in [-0.4, -0.2) is 20.9 Å². The van der Waals surface area contributed by atoms with E-state index in [1.54, 1.807) is 43.3 Å². The lowest BCUT2D eigenvalue weighted by atomic mass is 9.99. The van der Waals surface area contributed by atoms with Gasteiger partial charge in [0.15, 0.2) is 0 Å². The molecule has 0 aliphatic heterocycles. The number of hydrogen-bond acceptors (Lipinski definition) is 3. The van der Waals surface area contributed by atoms with Gasteiger partial charge in [-0.3, -0.25) is 9.52 Å². The molecule has 5 nitrogen and oxygen atoms in total. The molecule has 6 heteroatoms. The topological polar surface area (TPSA) is 75.3 Å². The van der Waals surface area contributed by atoms with Gasteiger partial charge in [0, 0.05) is 17.8 Å². The smallest absolute Gasteiger partial charge is 0.262 e. The van der Waals surface area contributed by atoms with Crippen molar-refractivity contribution in [1.82, 2.24) is 5.32 Å². The van der Waals surface area contributed by atoms with E-state index in [4.69, 9.17) is 0 Å². The van der Waals surface area contributed by atoms with Crippen molar-refractivity contribution in [3.05, 3.63) is 59.7 Å². The van der Waals surface area contributed by atoms with Crippen LogP contribution in [0.1, 0.15) is 55.5 Å². The van der Waals surface area contributed by atoms with E-state index in [0.29, 0.717) is 29.3 Å². The summed E-state index contributed by atoms with van der Waals surface area (Å²) < 4.78 is 28.1. The zero-order valence-corrected chi connectivity index (χ0v) is 17.7. The summed E-state index contributed by atoms with van der Waals surface area (Å²) in [5.41, 5.74) is 1.43. The van der Waals surface area contributed by atoms with Crippen LogP contribution < -0.4 is 10.0 Å². The fraction of sp³-hybridized carbons (Fsp3) is 0.409. The molecule has 2 rings (SSSR count). The van der Waals surface area contributed by atoms with E-state index in [0.717, 1.165) is 25.7 Å². The van der Waals surface area contributed by atoms with E-state index in [-0.39, 0.29) is 10.8 Å². The number of nitrogens with one attached hydrogen (secondary N) is 2. The Morgan fingerprint density at radius 3 is 2.43 bits per heavy atom. The van der Waals surface area contributed by atoms with Crippen LogP contribution in [0.3, 0.4) is 0 Å². The van der Waals surface area contributed by atoms with Crippen LogP contribution in [0.5, 0.6) is 0 Å². The maximum atomic E-state index is 12.8. The van der Waals surface area contributed by atoms with Gasteiger partial charge in [-0.2, -0.15) is 0 Å². The number of carbonyl (C=O) groups excluding carboxylic acids is 1. The highest BCUT2D eigenvalue weighted by atomic mass is 32.2. The highest BCUT2D eigenvalue weighted by Crippen LogP contribution is 2.21. The molecule has 2 aromatic rings. The Hall–Kier alpha value is -2.34. The first kappa shape index (κ1) is 22.0. The van der Waals surface area contributed by atoms with E-state index in [9.17, 15) is 13.2 Å². The summed E-state index contributed by atoms with van der Waals surface area (Å²) in [6.07, 6.45) is 4.38. The summed E-state index contributed by atoms with van der Waals surface area (Å²) in [6, 6.07) is 13.5. The fourth-order valence-corrected chi connectivity index (χ4v) is 4.36. The molecule has 0 heterocycles. The number of rotatable bonds is 10. The minimum absolute atomic E-state index is 0.113. The minimum atomic E-state index is -3.78. The molecular formula is C22H30N2O3S. The van der Waals surface area contributed by atoms with E-state index in [2.05, 4.69) is 23.9 Å². The van der Waals surface area contributed by atoms with Gasteiger partial charge in [-0.15, -0.1) is 0 Å². The number of hydrogen-bond donors (Lipinski definition) is 2. The van der Waals surface area contributed by atoms with Gasteiger partial charge in [-0.25, -0.2) is 8.42 Å². The van der Waals surface area contributed by atoms with Gasteiger partial charge in [0.25, 0.3) is 15.9 Å². The molecular weight excluding hydrogens is 372 g/mol. The van der Waals surface area contributed by atoms with Gasteiger partial charge in [-0.1, -0.05) is 57.4 Å². The number of anilines is 1. The lowest BCUT2D eigenvalue weighted by Crippen LogP contribution is -2.29. The van der Waals surface area contributed by atoms with Gasteiger partial charge in [0.05, 0.1) is 4.90 Å². The largest absolute Gasteiger partial charge is 0.352 e. The second-order valence-electron chi connectivity index (χ2n) is 7.08. The second-order valence-corrected chi connectivity index (χ2v) is 8.73. The van der Waals surface area contributed by atoms with Crippen LogP contribution in [0.25, 0.3) is 0 Å². The van der Waals surface area contributed by atoms with Crippen LogP contribution in [0.4, 0.5) is 5.69 Å². The SMILES string of the molecule is CCCC[C@@H](CC)CNC(=O)c1ccc(C)c(S(=O)(=O)Nc2ccccc2)c1. The first-order valence-corrected chi connectivity index (χ1v) is 11.3. The third-order valence-electron chi connectivity index (χ3n) is 4.86. The summed E-state index contributed by atoms with van der Waals surface area (Å²) in [6.45, 7) is 6.61. The molecule has 0 fully saturated rings. The van der Waals surface area contributed by atoms with Crippen LogP contribution in [0, 0.1) is 12.8 Å². The molecule has 0 aromatic heterocycles. The molecule has 2 aromatic carbocycles. The molecule has 0 aliphatic carbocycles. The van der Waals surface area contributed by atoms with Crippen molar-refractivity contribution in [2.75, 3.05) is 11.3 Å². The average molecular weight is 403 g/mol. The summed E-state index contributed by atoms with van der Waals surface area (Å²) in [7, 11) is -3.78. The predicted octanol–water partition coefficient (Wildman–Crippen LogP) is 4.74. The molecule has 2 N–H and O–H groups in total. The quantitative estimate of drug-likeness (QED) is 0.603. The van der Waals surface area contributed by atoms with E-state index >= 15 is 0 Å². The van der Waals surface area contributed by atoms with Crippen molar-refractivity contribution in [2.45, 2.75) is 51.3 Å². The van der Waals surface area contributed by atoms with Gasteiger partial charge in [-0.05, 0) is 49.1 Å². The van der Waals surface area contributed by atoms with E-state index in [1.165, 1.54) is 6.07 Å².